The maximum atomic E-state index is 10.5. The second-order valence-corrected chi connectivity index (χ2v) is 7.30. The van der Waals surface area contributed by atoms with Crippen LogP contribution in [0, 0.1) is 5.41 Å². The lowest BCUT2D eigenvalue weighted by Gasteiger charge is -2.42. The number of nitrogens with two attached hydrogens (primary N) is 2. The van der Waals surface area contributed by atoms with Gasteiger partial charge in [-0.25, -0.2) is 4.98 Å². The van der Waals surface area contributed by atoms with Gasteiger partial charge in [0.25, 0.3) is 12.4 Å². The Labute approximate surface area is 156 Å². The summed E-state index contributed by atoms with van der Waals surface area (Å²) in [6, 6.07) is 8.48. The molecule has 8 heteroatoms. The van der Waals surface area contributed by atoms with Crippen molar-refractivity contribution in [2.75, 3.05) is 23.7 Å². The van der Waals surface area contributed by atoms with Crippen molar-refractivity contribution in [3.8, 4) is 5.88 Å². The van der Waals surface area contributed by atoms with Gasteiger partial charge in [0.1, 0.15) is 0 Å². The highest BCUT2D eigenvalue weighted by molar-refractivity contribution is 6.31. The fourth-order valence-corrected chi connectivity index (χ4v) is 4.45. The Morgan fingerprint density at radius 2 is 2.00 bits per heavy atom. The number of halogens is 1. The second kappa shape index (κ2) is 6.41. The summed E-state index contributed by atoms with van der Waals surface area (Å²) in [5.74, 6) is 0.485. The normalized spacial score (nSPS) is 20.8. The van der Waals surface area contributed by atoms with E-state index in [2.05, 4.69) is 37.8 Å². The van der Waals surface area contributed by atoms with Crippen LogP contribution in [0.4, 0.5) is 11.6 Å². The lowest BCUT2D eigenvalue weighted by atomic mass is 9.73. The van der Waals surface area contributed by atoms with E-state index < -0.39 is 0 Å². The molecule has 0 amide bonds. The molecule has 1 aromatic heterocycles. The smallest absolute Gasteiger partial charge is 0.299 e. The van der Waals surface area contributed by atoms with Gasteiger partial charge >= 0.3 is 0 Å². The van der Waals surface area contributed by atoms with Gasteiger partial charge in [0, 0.05) is 19.1 Å². The molecule has 1 saturated heterocycles. The Morgan fingerprint density at radius 3 is 2.69 bits per heavy atom. The van der Waals surface area contributed by atoms with Crippen LogP contribution < -0.4 is 21.1 Å². The summed E-state index contributed by atoms with van der Waals surface area (Å²) in [6.45, 7) is 1.78. The molecule has 2 aliphatic rings. The largest absolute Gasteiger partial charge is 0.406 e. The van der Waals surface area contributed by atoms with E-state index in [-0.39, 0.29) is 34.8 Å². The lowest BCUT2D eigenvalue weighted by Crippen LogP contribution is -2.44. The summed E-state index contributed by atoms with van der Waals surface area (Å²) in [4.78, 5) is 20.9. The lowest BCUT2D eigenvalue weighted by molar-refractivity contribution is -0.120. The van der Waals surface area contributed by atoms with Crippen molar-refractivity contribution in [3.63, 3.8) is 0 Å². The Balaban J connectivity index is 1.53. The van der Waals surface area contributed by atoms with Crippen molar-refractivity contribution < 1.29 is 9.53 Å². The molecule has 1 aliphatic heterocycles. The zero-order chi connectivity index (χ0) is 18.3. The third-order valence-corrected chi connectivity index (χ3v) is 5.89. The second-order valence-electron chi connectivity index (χ2n) is 6.95. The van der Waals surface area contributed by atoms with Crippen LogP contribution in [0.25, 0.3) is 0 Å². The summed E-state index contributed by atoms with van der Waals surface area (Å²) in [6.07, 6.45) is 2.88. The van der Waals surface area contributed by atoms with Crippen LogP contribution >= 0.6 is 11.6 Å². The number of benzene rings is 1. The molecule has 0 radical (unpaired) electrons. The number of hydrogen-bond acceptors (Lipinski definition) is 7. The summed E-state index contributed by atoms with van der Waals surface area (Å²) >= 11 is 6.23. The summed E-state index contributed by atoms with van der Waals surface area (Å²) in [7, 11) is 0. The van der Waals surface area contributed by atoms with Gasteiger partial charge in [-0.15, -0.1) is 0 Å². The molecule has 1 spiro atoms. The minimum atomic E-state index is -0.0736. The van der Waals surface area contributed by atoms with E-state index in [1.807, 2.05) is 6.07 Å². The molecule has 0 saturated carbocycles. The number of carbonyl (C=O) groups is 1. The number of piperidine rings is 1. The Morgan fingerprint density at radius 1 is 1.27 bits per heavy atom. The zero-order valence-corrected chi connectivity index (χ0v) is 14.9. The SMILES string of the molecule is Nc1nc(N2CCC3(CC2)Cc2ccccc2C3N)c(Cl)nc1OC=O. The monoisotopic (exact) mass is 373 g/mol. The van der Waals surface area contributed by atoms with Gasteiger partial charge in [0.15, 0.2) is 16.8 Å². The third kappa shape index (κ3) is 2.68. The first kappa shape index (κ1) is 17.1. The van der Waals surface area contributed by atoms with Crippen molar-refractivity contribution in [3.05, 3.63) is 40.5 Å². The standard InChI is InChI=1S/C18H20ClN5O2/c19-14-16(23-15(21)17(22-14)26-10-25)24-7-5-18(6-8-24)9-11-3-1-2-4-12(11)13(18)20/h1-4,10,13H,5-9,20H2,(H2,21,23). The van der Waals surface area contributed by atoms with E-state index in [4.69, 9.17) is 23.1 Å². The Kier molecular flexibility index (Phi) is 4.20. The molecule has 2 aromatic rings. The predicted molar refractivity (Wildman–Crippen MR) is 99.1 cm³/mol. The van der Waals surface area contributed by atoms with Gasteiger partial charge in [-0.2, -0.15) is 4.98 Å². The van der Waals surface area contributed by atoms with Gasteiger partial charge in [-0.3, -0.25) is 4.79 Å². The quantitative estimate of drug-likeness (QED) is 0.793. The minimum absolute atomic E-state index is 0.0433. The van der Waals surface area contributed by atoms with Crippen molar-refractivity contribution in [1.82, 2.24) is 9.97 Å². The van der Waals surface area contributed by atoms with Crippen LogP contribution in [0.15, 0.2) is 24.3 Å². The number of nitrogen functional groups attached to an aromatic ring is 1. The number of fused-ring (bicyclic) bond motifs is 1. The van der Waals surface area contributed by atoms with Crippen LogP contribution in [0.5, 0.6) is 5.88 Å². The molecule has 4 N–H and O–H groups in total. The highest BCUT2D eigenvalue weighted by Crippen LogP contribution is 2.51. The first-order valence-electron chi connectivity index (χ1n) is 8.56. The van der Waals surface area contributed by atoms with E-state index >= 15 is 0 Å². The number of carbonyl (C=O) groups excluding carboxylic acids is 1. The van der Waals surface area contributed by atoms with Gasteiger partial charge in [-0.05, 0) is 35.8 Å². The maximum absolute atomic E-state index is 10.5. The average molecular weight is 374 g/mol. The summed E-state index contributed by atoms with van der Waals surface area (Å²) in [5.41, 5.74) is 15.1. The number of ether oxygens (including phenoxy) is 1. The molecule has 2 heterocycles. The third-order valence-electron chi connectivity index (χ3n) is 5.64. The topological polar surface area (TPSA) is 107 Å². The molecule has 1 aromatic carbocycles. The van der Waals surface area contributed by atoms with Crippen molar-refractivity contribution >= 4 is 29.7 Å². The van der Waals surface area contributed by atoms with Crippen LogP contribution in [-0.4, -0.2) is 29.5 Å². The van der Waals surface area contributed by atoms with Gasteiger partial charge in [0.05, 0.1) is 0 Å². The fraction of sp³-hybridized carbons (Fsp3) is 0.389. The van der Waals surface area contributed by atoms with Crippen LogP contribution in [-0.2, 0) is 11.2 Å². The van der Waals surface area contributed by atoms with Gasteiger partial charge in [0.2, 0.25) is 0 Å². The van der Waals surface area contributed by atoms with Gasteiger partial charge < -0.3 is 21.1 Å². The fourth-order valence-electron chi connectivity index (χ4n) is 4.21. The molecule has 1 aliphatic carbocycles. The number of anilines is 2. The molecule has 1 unspecified atom stereocenters. The summed E-state index contributed by atoms with van der Waals surface area (Å²) < 4.78 is 4.69. The zero-order valence-electron chi connectivity index (χ0n) is 14.2. The van der Waals surface area contributed by atoms with E-state index in [1.54, 1.807) is 0 Å². The summed E-state index contributed by atoms with van der Waals surface area (Å²) in [5, 5.41) is 0.172. The molecule has 26 heavy (non-hydrogen) atoms. The van der Waals surface area contributed by atoms with E-state index in [9.17, 15) is 4.79 Å². The van der Waals surface area contributed by atoms with Gasteiger partial charge in [-0.1, -0.05) is 35.9 Å². The Hall–Kier alpha value is -2.38. The average Bonchev–Trinajstić information content (AvgIpc) is 2.91. The highest BCUT2D eigenvalue weighted by Gasteiger charge is 2.46. The molecular weight excluding hydrogens is 354 g/mol. The van der Waals surface area contributed by atoms with Crippen LogP contribution in [0.2, 0.25) is 5.15 Å². The molecule has 0 bridgehead atoms. The number of rotatable bonds is 3. The predicted octanol–water partition coefficient (Wildman–Crippen LogP) is 2.09. The van der Waals surface area contributed by atoms with Crippen LogP contribution in [0.3, 0.4) is 0 Å². The first-order valence-corrected chi connectivity index (χ1v) is 8.93. The number of hydrogen-bond donors (Lipinski definition) is 2. The molecule has 4 rings (SSSR count). The van der Waals surface area contributed by atoms with Crippen molar-refractivity contribution in [2.24, 2.45) is 11.1 Å². The Bertz CT molecular complexity index is 851. The van der Waals surface area contributed by atoms with Crippen LogP contribution in [0.1, 0.15) is 30.0 Å². The first-order chi connectivity index (χ1) is 12.5. The number of aromatic nitrogens is 2. The maximum Gasteiger partial charge on any atom is 0.299 e. The van der Waals surface area contributed by atoms with E-state index in [1.165, 1.54) is 11.1 Å². The van der Waals surface area contributed by atoms with E-state index in [0.29, 0.717) is 5.82 Å². The highest BCUT2D eigenvalue weighted by atomic mass is 35.5. The molecule has 1 fully saturated rings. The van der Waals surface area contributed by atoms with Crippen molar-refractivity contribution in [1.29, 1.82) is 0 Å². The molecule has 1 atom stereocenters. The molecule has 136 valence electrons. The molecular formula is C18H20ClN5O2. The molecule has 7 nitrogen and oxygen atoms in total. The van der Waals surface area contributed by atoms with Crippen molar-refractivity contribution in [2.45, 2.75) is 25.3 Å². The van der Waals surface area contributed by atoms with E-state index in [0.717, 1.165) is 32.4 Å². The number of nitrogens with zero attached hydrogens (tertiary/aromatic N) is 3. The minimum Gasteiger partial charge on any atom is -0.406 e.